The van der Waals surface area contributed by atoms with Crippen LogP contribution in [0.1, 0.15) is 25.0 Å². The molecule has 0 radical (unpaired) electrons. The predicted molar refractivity (Wildman–Crippen MR) is 131 cm³/mol. The number of thioether (sulfide) groups is 1. The van der Waals surface area contributed by atoms with Crippen molar-refractivity contribution in [2.75, 3.05) is 10.0 Å². The molecule has 0 saturated carbocycles. The minimum absolute atomic E-state index is 0.109. The Hall–Kier alpha value is -3.98. The molecular weight excluding hydrogens is 438 g/mol. The Kier molecular flexibility index (Phi) is 4.98. The van der Waals surface area contributed by atoms with Gasteiger partial charge in [0.15, 0.2) is 10.8 Å². The number of carbonyl (C=O) groups excluding carboxylic acids is 1. The molecule has 0 N–H and O–H groups in total. The van der Waals surface area contributed by atoms with Crippen LogP contribution in [-0.4, -0.2) is 21.5 Å². The molecule has 0 aromatic heterocycles. The standard InChI is InChI=1S/C24H19N5O3S/c1-16-19-12-6-7-13-20(19)24(27(25-16)18-10-4-3-5-11-18)28(26-23(33-24)17(2)30)21-14-8-9-15-22(21)29(31)32/h3-15H,1-2H3/t24-/m1/s1. The normalized spacial score (nSPS) is 19.2. The summed E-state index contributed by atoms with van der Waals surface area (Å²) in [5, 5.41) is 25.1. The van der Waals surface area contributed by atoms with E-state index in [1.807, 2.05) is 61.5 Å². The van der Waals surface area contributed by atoms with Gasteiger partial charge in [-0.3, -0.25) is 14.9 Å². The maximum atomic E-state index is 12.5. The number of hydrazone groups is 2. The number of hydrogen-bond acceptors (Lipinski definition) is 8. The Morgan fingerprint density at radius 3 is 2.33 bits per heavy atom. The SMILES string of the molecule is CC(=O)C1=NN(c2ccccc2[N+](=O)[O-])[C@@]2(S1)c1ccccc1C(C)=NN2c1ccccc1. The first kappa shape index (κ1) is 20.9. The van der Waals surface area contributed by atoms with Crippen LogP contribution in [0.5, 0.6) is 0 Å². The van der Waals surface area contributed by atoms with Crippen LogP contribution in [0.4, 0.5) is 17.1 Å². The molecule has 0 aliphatic carbocycles. The summed E-state index contributed by atoms with van der Waals surface area (Å²) in [6.07, 6.45) is 0. The second-order valence-electron chi connectivity index (χ2n) is 7.61. The summed E-state index contributed by atoms with van der Waals surface area (Å²) >= 11 is 1.24. The molecule has 0 saturated heterocycles. The van der Waals surface area contributed by atoms with Gasteiger partial charge in [-0.1, -0.05) is 54.6 Å². The maximum absolute atomic E-state index is 12.5. The Bertz CT molecular complexity index is 1340. The molecule has 2 aliphatic heterocycles. The summed E-state index contributed by atoms with van der Waals surface area (Å²) in [6, 6.07) is 23.7. The predicted octanol–water partition coefficient (Wildman–Crippen LogP) is 5.11. The number of hydrogen-bond donors (Lipinski definition) is 0. The highest BCUT2D eigenvalue weighted by atomic mass is 32.2. The number of nitro groups is 1. The maximum Gasteiger partial charge on any atom is 0.294 e. The Morgan fingerprint density at radius 2 is 1.61 bits per heavy atom. The molecular formula is C24H19N5O3S. The summed E-state index contributed by atoms with van der Waals surface area (Å²) in [7, 11) is 0. The third kappa shape index (κ3) is 3.20. The number of fused-ring (bicyclic) bond motifs is 2. The second-order valence-corrected chi connectivity index (χ2v) is 8.77. The number of benzene rings is 3. The quantitative estimate of drug-likeness (QED) is 0.400. The number of nitro benzene ring substituents is 1. The fourth-order valence-electron chi connectivity index (χ4n) is 4.09. The zero-order valence-electron chi connectivity index (χ0n) is 17.9. The van der Waals surface area contributed by atoms with E-state index < -0.39 is 9.92 Å². The lowest BCUT2D eigenvalue weighted by molar-refractivity contribution is -0.384. The Morgan fingerprint density at radius 1 is 0.939 bits per heavy atom. The first-order valence-corrected chi connectivity index (χ1v) is 11.1. The highest BCUT2D eigenvalue weighted by Crippen LogP contribution is 2.55. The molecule has 164 valence electrons. The minimum Gasteiger partial charge on any atom is -0.292 e. The number of ketones is 1. The first-order valence-electron chi connectivity index (χ1n) is 10.3. The van der Waals surface area contributed by atoms with Crippen molar-refractivity contribution in [2.24, 2.45) is 10.2 Å². The molecule has 9 heteroatoms. The fourth-order valence-corrected chi connectivity index (χ4v) is 5.37. The smallest absolute Gasteiger partial charge is 0.292 e. The van der Waals surface area contributed by atoms with E-state index in [-0.39, 0.29) is 22.2 Å². The molecule has 0 fully saturated rings. The monoisotopic (exact) mass is 457 g/mol. The number of nitrogens with zero attached hydrogens (tertiary/aromatic N) is 5. The van der Waals surface area contributed by atoms with Crippen LogP contribution in [-0.2, 0) is 9.79 Å². The van der Waals surface area contributed by atoms with Gasteiger partial charge < -0.3 is 0 Å². The summed E-state index contributed by atoms with van der Waals surface area (Å²) in [5.41, 5.74) is 3.45. The zero-order chi connectivity index (χ0) is 23.2. The highest BCUT2D eigenvalue weighted by molar-refractivity contribution is 8.17. The van der Waals surface area contributed by atoms with Crippen molar-refractivity contribution in [3.05, 3.63) is 100 Å². The molecule has 1 spiro atoms. The lowest BCUT2D eigenvalue weighted by Crippen LogP contribution is -2.53. The third-order valence-corrected chi connectivity index (χ3v) is 6.94. The van der Waals surface area contributed by atoms with Crippen LogP contribution >= 0.6 is 11.8 Å². The summed E-state index contributed by atoms with van der Waals surface area (Å²) in [5.74, 6) is -0.225. The number of rotatable bonds is 4. The molecule has 0 unspecified atom stereocenters. The van der Waals surface area contributed by atoms with E-state index in [0.29, 0.717) is 0 Å². The summed E-state index contributed by atoms with van der Waals surface area (Å²) in [4.78, 5) is 22.8. The lowest BCUT2D eigenvalue weighted by atomic mass is 9.98. The zero-order valence-corrected chi connectivity index (χ0v) is 18.7. The average molecular weight is 458 g/mol. The van der Waals surface area contributed by atoms with Gasteiger partial charge in [-0.05, 0) is 36.9 Å². The van der Waals surface area contributed by atoms with Gasteiger partial charge in [-0.25, -0.2) is 10.0 Å². The van der Waals surface area contributed by atoms with Gasteiger partial charge in [0.25, 0.3) is 5.69 Å². The third-order valence-electron chi connectivity index (χ3n) is 5.53. The van der Waals surface area contributed by atoms with Gasteiger partial charge in [0.05, 0.1) is 16.3 Å². The van der Waals surface area contributed by atoms with Gasteiger partial charge >= 0.3 is 0 Å². The van der Waals surface area contributed by atoms with Crippen molar-refractivity contribution in [3.8, 4) is 0 Å². The van der Waals surface area contributed by atoms with E-state index >= 15 is 0 Å². The van der Waals surface area contributed by atoms with E-state index in [2.05, 4.69) is 5.10 Å². The summed E-state index contributed by atoms with van der Waals surface area (Å²) < 4.78 is 0. The molecule has 1 atom stereocenters. The van der Waals surface area contributed by atoms with Crippen molar-refractivity contribution in [2.45, 2.75) is 18.8 Å². The molecule has 0 amide bonds. The van der Waals surface area contributed by atoms with Crippen molar-refractivity contribution < 1.29 is 9.72 Å². The van der Waals surface area contributed by atoms with Crippen LogP contribution in [0.2, 0.25) is 0 Å². The molecule has 8 nitrogen and oxygen atoms in total. The molecule has 0 bridgehead atoms. The second kappa shape index (κ2) is 7.86. The van der Waals surface area contributed by atoms with Gasteiger partial charge in [-0.15, -0.1) is 0 Å². The Balaban J connectivity index is 1.85. The molecule has 3 aromatic carbocycles. The van der Waals surface area contributed by atoms with Crippen LogP contribution < -0.4 is 10.0 Å². The first-order chi connectivity index (χ1) is 15.9. The fraction of sp³-hybridized carbons (Fsp3) is 0.125. The van der Waals surface area contributed by atoms with E-state index in [9.17, 15) is 14.9 Å². The van der Waals surface area contributed by atoms with Gasteiger partial charge in [0.1, 0.15) is 5.69 Å². The topological polar surface area (TPSA) is 91.4 Å². The van der Waals surface area contributed by atoms with Crippen LogP contribution in [0.15, 0.2) is 89.1 Å². The minimum atomic E-state index is -1.18. The number of Topliss-reactive ketones (excluding diaryl/α,β-unsaturated/α-hetero) is 1. The summed E-state index contributed by atoms with van der Waals surface area (Å²) in [6.45, 7) is 3.36. The average Bonchev–Trinajstić information content (AvgIpc) is 3.23. The van der Waals surface area contributed by atoms with Crippen molar-refractivity contribution in [1.82, 2.24) is 0 Å². The van der Waals surface area contributed by atoms with Crippen molar-refractivity contribution >= 4 is 45.4 Å². The van der Waals surface area contributed by atoms with Gasteiger partial charge in [0.2, 0.25) is 4.99 Å². The largest absolute Gasteiger partial charge is 0.294 e. The van der Waals surface area contributed by atoms with Crippen molar-refractivity contribution in [1.29, 1.82) is 0 Å². The van der Waals surface area contributed by atoms with Crippen LogP contribution in [0.3, 0.4) is 0 Å². The van der Waals surface area contributed by atoms with Gasteiger partial charge in [0, 0.05) is 24.1 Å². The van der Waals surface area contributed by atoms with E-state index in [4.69, 9.17) is 5.10 Å². The van der Waals surface area contributed by atoms with Crippen LogP contribution in [0, 0.1) is 10.1 Å². The van der Waals surface area contributed by atoms with E-state index in [1.165, 1.54) is 24.8 Å². The highest BCUT2D eigenvalue weighted by Gasteiger charge is 2.56. The molecule has 5 rings (SSSR count). The number of para-hydroxylation sites is 3. The van der Waals surface area contributed by atoms with Crippen LogP contribution in [0.25, 0.3) is 0 Å². The van der Waals surface area contributed by atoms with Crippen molar-refractivity contribution in [3.63, 3.8) is 0 Å². The molecule has 2 heterocycles. The Labute approximate surface area is 194 Å². The number of carbonyl (C=O) groups is 1. The van der Waals surface area contributed by atoms with Gasteiger partial charge in [-0.2, -0.15) is 10.2 Å². The molecule has 3 aromatic rings. The number of anilines is 2. The van der Waals surface area contributed by atoms with E-state index in [1.54, 1.807) is 28.2 Å². The molecule has 2 aliphatic rings. The lowest BCUT2D eigenvalue weighted by Gasteiger charge is -2.46. The van der Waals surface area contributed by atoms with E-state index in [0.717, 1.165) is 22.5 Å². The molecule has 33 heavy (non-hydrogen) atoms.